The first-order valence-electron chi connectivity index (χ1n) is 11.7. The molecule has 0 unspecified atom stereocenters. The molecular weight excluding hydrogens is 532 g/mol. The molecular formula is C29H20F8O2. The third kappa shape index (κ3) is 6.16. The smallest absolute Gasteiger partial charge is 0.429 e. The first kappa shape index (κ1) is 27.9. The second-order valence-electron chi connectivity index (χ2n) is 8.60. The molecule has 4 aromatic rings. The normalized spacial score (nSPS) is 11.5. The zero-order valence-electron chi connectivity index (χ0n) is 20.3. The highest BCUT2D eigenvalue weighted by Crippen LogP contribution is 2.36. The molecule has 10 heteroatoms. The van der Waals surface area contributed by atoms with E-state index in [4.69, 9.17) is 4.74 Å². The van der Waals surface area contributed by atoms with Gasteiger partial charge >= 0.3 is 6.11 Å². The maximum atomic E-state index is 14.6. The van der Waals surface area contributed by atoms with Crippen molar-refractivity contribution in [2.45, 2.75) is 32.5 Å². The molecule has 204 valence electrons. The first-order valence-corrected chi connectivity index (χ1v) is 11.7. The molecule has 0 atom stereocenters. The summed E-state index contributed by atoms with van der Waals surface area (Å²) in [6.45, 7) is 1.76. The Hall–Kier alpha value is -4.08. The molecule has 0 saturated heterocycles. The van der Waals surface area contributed by atoms with Crippen LogP contribution in [0, 0.1) is 34.9 Å². The van der Waals surface area contributed by atoms with Crippen LogP contribution in [0.1, 0.15) is 30.0 Å². The number of ether oxygens (including phenoxy) is 2. The van der Waals surface area contributed by atoms with E-state index in [-0.39, 0.29) is 35.6 Å². The summed E-state index contributed by atoms with van der Waals surface area (Å²) in [6, 6.07) is 12.3. The Bertz CT molecular complexity index is 1460. The van der Waals surface area contributed by atoms with E-state index in [0.29, 0.717) is 24.0 Å². The molecule has 2 nitrogen and oxygen atoms in total. The number of rotatable bonds is 9. The highest BCUT2D eigenvalue weighted by Gasteiger charge is 2.38. The number of hydrogen-bond acceptors (Lipinski definition) is 2. The van der Waals surface area contributed by atoms with Crippen molar-refractivity contribution >= 4 is 0 Å². The Labute approximate surface area is 218 Å². The molecule has 0 heterocycles. The molecule has 4 rings (SSSR count). The van der Waals surface area contributed by atoms with Crippen LogP contribution < -0.4 is 9.47 Å². The van der Waals surface area contributed by atoms with E-state index < -0.39 is 52.3 Å². The van der Waals surface area contributed by atoms with Gasteiger partial charge in [-0.15, -0.1) is 0 Å². The molecule has 0 aliphatic rings. The Kier molecular flexibility index (Phi) is 8.13. The van der Waals surface area contributed by atoms with Gasteiger partial charge in [0, 0.05) is 12.1 Å². The van der Waals surface area contributed by atoms with Gasteiger partial charge in [0.15, 0.2) is 29.0 Å². The summed E-state index contributed by atoms with van der Waals surface area (Å²) in [5.74, 6) is -10.0. The fraction of sp³-hybridized carbons (Fsp3) is 0.172. The Morgan fingerprint density at radius 2 is 1.31 bits per heavy atom. The molecule has 4 aromatic carbocycles. The van der Waals surface area contributed by atoms with E-state index in [1.807, 2.05) is 6.92 Å². The van der Waals surface area contributed by atoms with Crippen LogP contribution in [-0.2, 0) is 19.1 Å². The largest absolute Gasteiger partial charge is 0.486 e. The fourth-order valence-corrected chi connectivity index (χ4v) is 3.83. The van der Waals surface area contributed by atoms with E-state index in [9.17, 15) is 35.1 Å². The monoisotopic (exact) mass is 552 g/mol. The second-order valence-corrected chi connectivity index (χ2v) is 8.60. The van der Waals surface area contributed by atoms with Crippen LogP contribution in [0.25, 0.3) is 11.1 Å². The molecule has 0 radical (unpaired) electrons. The predicted molar refractivity (Wildman–Crippen MR) is 127 cm³/mol. The van der Waals surface area contributed by atoms with E-state index in [2.05, 4.69) is 4.74 Å². The van der Waals surface area contributed by atoms with Gasteiger partial charge in [-0.2, -0.15) is 13.2 Å². The van der Waals surface area contributed by atoms with Gasteiger partial charge in [-0.1, -0.05) is 49.7 Å². The number of hydrogen-bond donors (Lipinski definition) is 0. The van der Waals surface area contributed by atoms with Crippen LogP contribution in [0.15, 0.2) is 66.7 Å². The number of aryl methyl sites for hydroxylation is 1. The van der Waals surface area contributed by atoms with Crippen molar-refractivity contribution in [1.29, 1.82) is 0 Å². The number of alkyl halides is 2. The SMILES string of the molecule is CCCc1ccc(OCc2ccc(-c3ccc(C(F)(F)Oc4cc(F)c(F)c(F)c4)c(F)c3)cc2)c(F)c1F. The van der Waals surface area contributed by atoms with Gasteiger partial charge < -0.3 is 9.47 Å². The van der Waals surface area contributed by atoms with Crippen molar-refractivity contribution in [3.63, 3.8) is 0 Å². The van der Waals surface area contributed by atoms with Gasteiger partial charge in [0.2, 0.25) is 5.82 Å². The maximum Gasteiger partial charge on any atom is 0.429 e. The summed E-state index contributed by atoms with van der Waals surface area (Å²) in [6.07, 6.45) is -3.28. The summed E-state index contributed by atoms with van der Waals surface area (Å²) in [5, 5.41) is 0. The van der Waals surface area contributed by atoms with Crippen molar-refractivity contribution in [2.24, 2.45) is 0 Å². The minimum Gasteiger partial charge on any atom is -0.486 e. The van der Waals surface area contributed by atoms with Crippen molar-refractivity contribution < 1.29 is 44.6 Å². The first-order chi connectivity index (χ1) is 18.5. The second kappa shape index (κ2) is 11.3. The molecule has 0 N–H and O–H groups in total. The topological polar surface area (TPSA) is 18.5 Å². The molecule has 39 heavy (non-hydrogen) atoms. The van der Waals surface area contributed by atoms with Crippen LogP contribution in [0.3, 0.4) is 0 Å². The summed E-state index contributed by atoms with van der Waals surface area (Å²) in [7, 11) is 0. The van der Waals surface area contributed by atoms with Crippen molar-refractivity contribution in [2.75, 3.05) is 0 Å². The molecule has 0 aromatic heterocycles. The molecule has 0 saturated carbocycles. The zero-order valence-corrected chi connectivity index (χ0v) is 20.3. The van der Waals surface area contributed by atoms with E-state index >= 15 is 0 Å². The Morgan fingerprint density at radius 3 is 1.92 bits per heavy atom. The van der Waals surface area contributed by atoms with Crippen LogP contribution in [0.5, 0.6) is 11.5 Å². The highest BCUT2D eigenvalue weighted by molar-refractivity contribution is 5.64. The minimum atomic E-state index is -4.33. The van der Waals surface area contributed by atoms with Gasteiger partial charge in [-0.3, -0.25) is 0 Å². The lowest BCUT2D eigenvalue weighted by Crippen LogP contribution is -2.23. The van der Waals surface area contributed by atoms with Crippen LogP contribution in [0.2, 0.25) is 0 Å². The van der Waals surface area contributed by atoms with Gasteiger partial charge in [0.05, 0.1) is 5.56 Å². The number of halogens is 8. The third-order valence-electron chi connectivity index (χ3n) is 5.81. The van der Waals surface area contributed by atoms with Gasteiger partial charge in [-0.25, -0.2) is 22.0 Å². The third-order valence-corrected chi connectivity index (χ3v) is 5.81. The average Bonchev–Trinajstić information content (AvgIpc) is 2.89. The summed E-state index contributed by atoms with van der Waals surface area (Å²) < 4.78 is 121. The molecule has 0 amide bonds. The average molecular weight is 552 g/mol. The van der Waals surface area contributed by atoms with Gasteiger partial charge in [-0.05, 0) is 46.9 Å². The van der Waals surface area contributed by atoms with Crippen molar-refractivity contribution in [1.82, 2.24) is 0 Å². The molecule has 0 fully saturated rings. The number of benzene rings is 4. The van der Waals surface area contributed by atoms with E-state index in [0.717, 1.165) is 12.1 Å². The lowest BCUT2D eigenvalue weighted by molar-refractivity contribution is -0.187. The zero-order chi connectivity index (χ0) is 28.3. The lowest BCUT2D eigenvalue weighted by atomic mass is 10.0. The van der Waals surface area contributed by atoms with Gasteiger partial charge in [0.1, 0.15) is 18.2 Å². The quantitative estimate of drug-likeness (QED) is 0.153. The van der Waals surface area contributed by atoms with Crippen molar-refractivity contribution in [3.05, 3.63) is 118 Å². The summed E-state index contributed by atoms with van der Waals surface area (Å²) in [5.41, 5.74) is 0.287. The minimum absolute atomic E-state index is 0.0921. The van der Waals surface area contributed by atoms with Crippen LogP contribution in [0.4, 0.5) is 35.1 Å². The van der Waals surface area contributed by atoms with E-state index in [1.165, 1.54) is 18.2 Å². The Morgan fingerprint density at radius 1 is 0.667 bits per heavy atom. The summed E-state index contributed by atoms with van der Waals surface area (Å²) >= 11 is 0. The predicted octanol–water partition coefficient (Wildman–Crippen LogP) is 8.85. The summed E-state index contributed by atoms with van der Waals surface area (Å²) in [4.78, 5) is 0. The lowest BCUT2D eigenvalue weighted by Gasteiger charge is -2.19. The van der Waals surface area contributed by atoms with Crippen LogP contribution in [-0.4, -0.2) is 0 Å². The van der Waals surface area contributed by atoms with Crippen molar-refractivity contribution in [3.8, 4) is 22.6 Å². The van der Waals surface area contributed by atoms with E-state index in [1.54, 1.807) is 24.3 Å². The molecule has 0 spiro atoms. The fourth-order valence-electron chi connectivity index (χ4n) is 3.83. The molecule has 0 bridgehead atoms. The molecule has 0 aliphatic carbocycles. The maximum absolute atomic E-state index is 14.6. The highest BCUT2D eigenvalue weighted by atomic mass is 19.3. The Balaban J connectivity index is 1.46. The van der Waals surface area contributed by atoms with Gasteiger partial charge in [0.25, 0.3) is 0 Å². The molecule has 0 aliphatic heterocycles. The van der Waals surface area contributed by atoms with Crippen LogP contribution >= 0.6 is 0 Å². The standard InChI is InChI=1S/C29H20F8O2/c1-2-3-18-9-11-25(28(35)26(18)33)38-15-16-4-6-17(7-5-16)19-8-10-21(22(30)12-19)29(36,37)39-20-13-23(31)27(34)24(32)14-20/h4-14H,2-3,15H2,1H3.